The van der Waals surface area contributed by atoms with E-state index in [9.17, 15) is 4.57 Å². The Bertz CT molecular complexity index is 416. The Labute approximate surface area is 130 Å². The zero-order chi connectivity index (χ0) is 15.6. The molecule has 1 aromatic carbocycles. The standard InChI is InChI=1S/C18H31O2P/c1-4-6-8-10-13-17(3)21(19,20-16-7-5-2)18-14-11-9-12-15-18/h9,11-12,14-15,17H,4-8,10,13,16H2,1-3H3/t17-,21-/m0/s1. The summed E-state index contributed by atoms with van der Waals surface area (Å²) in [7, 11) is -2.74. The lowest BCUT2D eigenvalue weighted by atomic mass is 10.1. The van der Waals surface area contributed by atoms with E-state index in [-0.39, 0.29) is 5.66 Å². The molecule has 3 heteroatoms. The van der Waals surface area contributed by atoms with E-state index in [1.807, 2.05) is 30.3 Å². The predicted molar refractivity (Wildman–Crippen MR) is 92.8 cm³/mol. The van der Waals surface area contributed by atoms with Crippen LogP contribution in [0.4, 0.5) is 0 Å². The third-order valence-electron chi connectivity index (χ3n) is 3.95. The van der Waals surface area contributed by atoms with Crippen LogP contribution in [0.5, 0.6) is 0 Å². The normalized spacial score (nSPS) is 15.6. The van der Waals surface area contributed by atoms with Gasteiger partial charge in [0.05, 0.1) is 6.61 Å². The number of rotatable bonds is 11. The summed E-state index contributed by atoms with van der Waals surface area (Å²) in [6.07, 6.45) is 7.89. The molecule has 0 aliphatic heterocycles. The lowest BCUT2D eigenvalue weighted by Gasteiger charge is -2.25. The maximum atomic E-state index is 13.4. The Morgan fingerprint density at radius 1 is 1.00 bits per heavy atom. The Balaban J connectivity index is 2.74. The molecule has 21 heavy (non-hydrogen) atoms. The highest BCUT2D eigenvalue weighted by Gasteiger charge is 2.32. The molecule has 120 valence electrons. The Morgan fingerprint density at radius 2 is 1.67 bits per heavy atom. The van der Waals surface area contributed by atoms with E-state index in [0.717, 1.165) is 31.0 Å². The summed E-state index contributed by atoms with van der Waals surface area (Å²) in [5, 5.41) is 0.879. The number of hydrogen-bond donors (Lipinski definition) is 0. The molecular weight excluding hydrogens is 279 g/mol. The van der Waals surface area contributed by atoms with Gasteiger partial charge in [-0.2, -0.15) is 0 Å². The number of hydrogen-bond acceptors (Lipinski definition) is 2. The average molecular weight is 310 g/mol. The molecule has 0 radical (unpaired) electrons. The Kier molecular flexibility index (Phi) is 8.96. The van der Waals surface area contributed by atoms with Crippen molar-refractivity contribution in [3.8, 4) is 0 Å². The Hall–Kier alpha value is -0.590. The highest BCUT2D eigenvalue weighted by atomic mass is 31.2. The van der Waals surface area contributed by atoms with Crippen molar-refractivity contribution in [3.05, 3.63) is 30.3 Å². The van der Waals surface area contributed by atoms with Crippen LogP contribution in [0.25, 0.3) is 0 Å². The van der Waals surface area contributed by atoms with Crippen molar-refractivity contribution in [2.75, 3.05) is 6.61 Å². The van der Waals surface area contributed by atoms with E-state index in [0.29, 0.717) is 6.61 Å². The minimum Gasteiger partial charge on any atom is -0.325 e. The van der Waals surface area contributed by atoms with Gasteiger partial charge < -0.3 is 4.52 Å². The van der Waals surface area contributed by atoms with E-state index in [4.69, 9.17) is 4.52 Å². The lowest BCUT2D eigenvalue weighted by molar-refractivity contribution is 0.305. The molecule has 1 aromatic rings. The highest BCUT2D eigenvalue weighted by molar-refractivity contribution is 7.67. The smallest absolute Gasteiger partial charge is 0.234 e. The quantitative estimate of drug-likeness (QED) is 0.383. The zero-order valence-corrected chi connectivity index (χ0v) is 14.8. The largest absolute Gasteiger partial charge is 0.325 e. The average Bonchev–Trinajstić information content (AvgIpc) is 2.52. The van der Waals surface area contributed by atoms with E-state index in [1.54, 1.807) is 0 Å². The summed E-state index contributed by atoms with van der Waals surface area (Å²) >= 11 is 0. The fourth-order valence-electron chi connectivity index (χ4n) is 2.47. The molecule has 0 fully saturated rings. The van der Waals surface area contributed by atoms with Crippen LogP contribution in [0.3, 0.4) is 0 Å². The van der Waals surface area contributed by atoms with Crippen LogP contribution in [-0.2, 0) is 9.09 Å². The van der Waals surface area contributed by atoms with E-state index < -0.39 is 7.37 Å². The monoisotopic (exact) mass is 310 g/mol. The molecule has 0 amide bonds. The lowest BCUT2D eigenvalue weighted by Crippen LogP contribution is -2.18. The minimum absolute atomic E-state index is 0.105. The third kappa shape index (κ3) is 5.96. The molecule has 0 aliphatic carbocycles. The van der Waals surface area contributed by atoms with Gasteiger partial charge in [0.15, 0.2) is 0 Å². The Morgan fingerprint density at radius 3 is 2.29 bits per heavy atom. The fraction of sp³-hybridized carbons (Fsp3) is 0.667. The van der Waals surface area contributed by atoms with Crippen molar-refractivity contribution in [2.24, 2.45) is 0 Å². The molecule has 0 aliphatic rings. The molecule has 2 atom stereocenters. The van der Waals surface area contributed by atoms with Gasteiger partial charge in [0.1, 0.15) is 0 Å². The van der Waals surface area contributed by atoms with E-state index in [2.05, 4.69) is 20.8 Å². The fourth-order valence-corrected chi connectivity index (χ4v) is 4.90. The van der Waals surface area contributed by atoms with Gasteiger partial charge in [-0.15, -0.1) is 0 Å². The van der Waals surface area contributed by atoms with Gasteiger partial charge in [-0.1, -0.05) is 71.1 Å². The van der Waals surface area contributed by atoms with Gasteiger partial charge in [0, 0.05) is 11.0 Å². The van der Waals surface area contributed by atoms with Crippen LogP contribution in [0.2, 0.25) is 0 Å². The van der Waals surface area contributed by atoms with Gasteiger partial charge in [-0.25, -0.2) is 0 Å². The molecule has 0 heterocycles. The topological polar surface area (TPSA) is 26.3 Å². The van der Waals surface area contributed by atoms with Crippen molar-refractivity contribution in [3.63, 3.8) is 0 Å². The summed E-state index contributed by atoms with van der Waals surface area (Å²) in [5.74, 6) is 0. The molecule has 0 spiro atoms. The maximum Gasteiger partial charge on any atom is 0.234 e. The molecule has 0 bridgehead atoms. The predicted octanol–water partition coefficient (Wildman–Crippen LogP) is 5.77. The molecule has 0 saturated carbocycles. The van der Waals surface area contributed by atoms with Crippen LogP contribution in [-0.4, -0.2) is 12.3 Å². The second kappa shape index (κ2) is 10.2. The van der Waals surface area contributed by atoms with Gasteiger partial charge >= 0.3 is 0 Å². The maximum absolute atomic E-state index is 13.4. The van der Waals surface area contributed by atoms with E-state index in [1.165, 1.54) is 19.3 Å². The highest BCUT2D eigenvalue weighted by Crippen LogP contribution is 2.52. The van der Waals surface area contributed by atoms with Crippen molar-refractivity contribution < 1.29 is 9.09 Å². The summed E-state index contributed by atoms with van der Waals surface area (Å²) < 4.78 is 19.4. The summed E-state index contributed by atoms with van der Waals surface area (Å²) in [6.45, 7) is 7.03. The second-order valence-electron chi connectivity index (χ2n) is 5.82. The molecule has 2 nitrogen and oxygen atoms in total. The van der Waals surface area contributed by atoms with Crippen molar-refractivity contribution in [1.29, 1.82) is 0 Å². The molecule has 0 saturated heterocycles. The van der Waals surface area contributed by atoms with Crippen LogP contribution < -0.4 is 5.30 Å². The zero-order valence-electron chi connectivity index (χ0n) is 13.9. The summed E-state index contributed by atoms with van der Waals surface area (Å²) in [4.78, 5) is 0. The number of unbranched alkanes of at least 4 members (excludes halogenated alkanes) is 4. The molecule has 0 N–H and O–H groups in total. The SMILES string of the molecule is CCCCCC[C@H](C)[P@](=O)(OCCCC)c1ccccc1. The first-order valence-corrected chi connectivity index (χ1v) is 10.1. The molecule has 1 rings (SSSR count). The van der Waals surface area contributed by atoms with Crippen LogP contribution in [0, 0.1) is 0 Å². The van der Waals surface area contributed by atoms with Crippen molar-refractivity contribution in [1.82, 2.24) is 0 Å². The minimum atomic E-state index is -2.74. The van der Waals surface area contributed by atoms with Crippen molar-refractivity contribution in [2.45, 2.75) is 71.4 Å². The number of benzene rings is 1. The van der Waals surface area contributed by atoms with Gasteiger partial charge in [0.2, 0.25) is 7.37 Å². The van der Waals surface area contributed by atoms with Crippen molar-refractivity contribution >= 4 is 12.7 Å². The molecular formula is C18H31O2P. The van der Waals surface area contributed by atoms with E-state index >= 15 is 0 Å². The summed E-state index contributed by atoms with van der Waals surface area (Å²) in [5.41, 5.74) is 0.105. The van der Waals surface area contributed by atoms with Gasteiger partial charge in [-0.05, 0) is 25.0 Å². The van der Waals surface area contributed by atoms with Crippen LogP contribution in [0.1, 0.15) is 65.7 Å². The molecule has 0 aromatic heterocycles. The van der Waals surface area contributed by atoms with Gasteiger partial charge in [0.25, 0.3) is 0 Å². The second-order valence-corrected chi connectivity index (χ2v) is 8.67. The van der Waals surface area contributed by atoms with Crippen LogP contribution >= 0.6 is 7.37 Å². The summed E-state index contributed by atoms with van der Waals surface area (Å²) in [6, 6.07) is 9.78. The first-order valence-electron chi connectivity index (χ1n) is 8.45. The van der Waals surface area contributed by atoms with Crippen LogP contribution in [0.15, 0.2) is 30.3 Å². The third-order valence-corrected chi connectivity index (χ3v) is 6.96. The first kappa shape index (κ1) is 18.5. The van der Waals surface area contributed by atoms with Gasteiger partial charge in [-0.3, -0.25) is 4.57 Å². The molecule has 0 unspecified atom stereocenters. The first-order chi connectivity index (χ1) is 10.1.